The quantitative estimate of drug-likeness (QED) is 0.490. The Labute approximate surface area is 182 Å². The number of benzene rings is 1. The first-order chi connectivity index (χ1) is 15.0. The van der Waals surface area contributed by atoms with Crippen molar-refractivity contribution < 1.29 is 13.6 Å². The van der Waals surface area contributed by atoms with Crippen LogP contribution in [0.3, 0.4) is 0 Å². The van der Waals surface area contributed by atoms with Gasteiger partial charge in [0.05, 0.1) is 23.0 Å². The molecular weight excluding hydrogens is 420 g/mol. The molecule has 4 aromatic rings. The van der Waals surface area contributed by atoms with Gasteiger partial charge in [-0.1, -0.05) is 0 Å². The molecule has 1 aliphatic rings. The molecule has 5 rings (SSSR count). The minimum atomic E-state index is -0.411. The van der Waals surface area contributed by atoms with Crippen molar-refractivity contribution >= 4 is 33.6 Å². The molecule has 0 bridgehead atoms. The summed E-state index contributed by atoms with van der Waals surface area (Å²) in [5.74, 6) is -0.995. The van der Waals surface area contributed by atoms with Crippen LogP contribution in [0.5, 0.6) is 0 Å². The highest BCUT2D eigenvalue weighted by Crippen LogP contribution is 2.24. The van der Waals surface area contributed by atoms with Gasteiger partial charge in [-0.2, -0.15) is 5.10 Å². The van der Waals surface area contributed by atoms with Gasteiger partial charge in [0.2, 0.25) is 0 Å². The number of thiazole rings is 1. The number of fused-ring (bicyclic) bond motifs is 1. The van der Waals surface area contributed by atoms with E-state index in [0.29, 0.717) is 10.7 Å². The molecule has 0 unspecified atom stereocenters. The van der Waals surface area contributed by atoms with Crippen LogP contribution < -0.4 is 10.2 Å². The average Bonchev–Trinajstić information content (AvgIpc) is 3.51. The van der Waals surface area contributed by atoms with Gasteiger partial charge in [0.1, 0.15) is 11.6 Å². The van der Waals surface area contributed by atoms with E-state index in [-0.39, 0.29) is 5.91 Å². The fourth-order valence-corrected chi connectivity index (χ4v) is 4.01. The van der Waals surface area contributed by atoms with Crippen molar-refractivity contribution in [3.63, 3.8) is 0 Å². The standard InChI is InChI=1S/C16H17N5OS.C6H4F2/c1-11-10-23-16(18-11)19-15(22)13-9-17-21-7-4-12(8-14(13)21)20-5-2-3-6-20;7-5-1-2-6(8)4-3-5/h4,7-10H,2-3,5-6H2,1H3,(H,18,19,22);1-4H. The Bertz CT molecular complexity index is 1160. The Balaban J connectivity index is 0.000000245. The number of hydrogen-bond donors (Lipinski definition) is 1. The maximum atomic E-state index is 12.5. The fraction of sp³-hybridized carbons (Fsp3) is 0.227. The molecule has 0 atom stereocenters. The third kappa shape index (κ3) is 5.05. The lowest BCUT2D eigenvalue weighted by molar-refractivity contribution is 0.102. The molecule has 0 aliphatic carbocycles. The van der Waals surface area contributed by atoms with Crippen molar-refractivity contribution in [2.24, 2.45) is 0 Å². The van der Waals surface area contributed by atoms with Gasteiger partial charge >= 0.3 is 0 Å². The minimum Gasteiger partial charge on any atom is -0.371 e. The van der Waals surface area contributed by atoms with Gasteiger partial charge in [0.15, 0.2) is 5.13 Å². The van der Waals surface area contributed by atoms with Crippen LogP contribution in [0.4, 0.5) is 19.6 Å². The molecule has 0 radical (unpaired) electrons. The molecule has 0 saturated carbocycles. The van der Waals surface area contributed by atoms with Gasteiger partial charge < -0.3 is 4.90 Å². The number of pyridine rings is 1. The molecule has 1 N–H and O–H groups in total. The summed E-state index contributed by atoms with van der Waals surface area (Å²) in [5, 5.41) is 9.65. The topological polar surface area (TPSA) is 62.5 Å². The Hall–Kier alpha value is -3.33. The lowest BCUT2D eigenvalue weighted by Crippen LogP contribution is -2.18. The van der Waals surface area contributed by atoms with Gasteiger partial charge in [0, 0.05) is 30.4 Å². The van der Waals surface area contributed by atoms with E-state index in [0.717, 1.165) is 54.3 Å². The summed E-state index contributed by atoms with van der Waals surface area (Å²) in [6.45, 7) is 4.05. The van der Waals surface area contributed by atoms with E-state index in [1.165, 1.54) is 24.2 Å². The second kappa shape index (κ2) is 9.22. The number of amides is 1. The normalized spacial score (nSPS) is 13.2. The molecule has 1 saturated heterocycles. The van der Waals surface area contributed by atoms with Crippen molar-refractivity contribution in [3.05, 3.63) is 77.1 Å². The van der Waals surface area contributed by atoms with E-state index in [2.05, 4.69) is 26.4 Å². The van der Waals surface area contributed by atoms with Crippen LogP contribution in [0.1, 0.15) is 28.9 Å². The minimum absolute atomic E-state index is 0.173. The Kier molecular flexibility index (Phi) is 6.22. The number of aryl methyl sites for hydroxylation is 1. The first-order valence-corrected chi connectivity index (χ1v) is 10.7. The summed E-state index contributed by atoms with van der Waals surface area (Å²) >= 11 is 1.43. The van der Waals surface area contributed by atoms with E-state index in [1.54, 1.807) is 10.7 Å². The van der Waals surface area contributed by atoms with Gasteiger partial charge in [-0.25, -0.2) is 18.3 Å². The first-order valence-electron chi connectivity index (χ1n) is 9.86. The molecule has 6 nitrogen and oxygen atoms in total. The van der Waals surface area contributed by atoms with Crippen molar-refractivity contribution in [1.29, 1.82) is 0 Å². The van der Waals surface area contributed by atoms with Crippen molar-refractivity contribution in [2.75, 3.05) is 23.3 Å². The zero-order valence-electron chi connectivity index (χ0n) is 16.9. The molecule has 3 aromatic heterocycles. The number of aromatic nitrogens is 3. The van der Waals surface area contributed by atoms with Gasteiger partial charge in [-0.05, 0) is 56.2 Å². The molecule has 1 amide bonds. The number of halogens is 2. The first kappa shape index (κ1) is 20.9. The van der Waals surface area contributed by atoms with Crippen LogP contribution in [0.15, 0.2) is 54.2 Å². The smallest absolute Gasteiger partial charge is 0.261 e. The van der Waals surface area contributed by atoms with Crippen LogP contribution in [-0.2, 0) is 0 Å². The summed E-state index contributed by atoms with van der Waals surface area (Å²) in [6, 6.07) is 8.41. The largest absolute Gasteiger partial charge is 0.371 e. The predicted octanol–water partition coefficient (Wildman–Crippen LogP) is 4.92. The van der Waals surface area contributed by atoms with Crippen molar-refractivity contribution in [2.45, 2.75) is 19.8 Å². The van der Waals surface area contributed by atoms with Gasteiger partial charge in [-0.3, -0.25) is 10.1 Å². The van der Waals surface area contributed by atoms with E-state index in [4.69, 9.17) is 0 Å². The van der Waals surface area contributed by atoms with E-state index >= 15 is 0 Å². The SMILES string of the molecule is Cc1csc(NC(=O)c2cnn3ccc(N4CCCC4)cc23)n1.Fc1ccc(F)cc1. The molecule has 0 spiro atoms. The highest BCUT2D eigenvalue weighted by molar-refractivity contribution is 7.13. The number of nitrogens with one attached hydrogen (secondary N) is 1. The van der Waals surface area contributed by atoms with Crippen LogP contribution >= 0.6 is 11.3 Å². The summed E-state index contributed by atoms with van der Waals surface area (Å²) in [7, 11) is 0. The molecule has 4 heterocycles. The van der Waals surface area contributed by atoms with E-state index in [1.807, 2.05) is 24.6 Å². The second-order valence-corrected chi connectivity index (χ2v) is 8.01. The number of carbonyl (C=O) groups is 1. The number of carbonyl (C=O) groups excluding carboxylic acids is 1. The zero-order valence-corrected chi connectivity index (χ0v) is 17.7. The van der Waals surface area contributed by atoms with Crippen molar-refractivity contribution in [3.8, 4) is 0 Å². The summed E-state index contributed by atoms with van der Waals surface area (Å²) in [6.07, 6.45) is 5.97. The third-order valence-electron chi connectivity index (χ3n) is 4.86. The number of nitrogens with zero attached hydrogens (tertiary/aromatic N) is 4. The highest BCUT2D eigenvalue weighted by Gasteiger charge is 2.17. The number of anilines is 2. The molecule has 31 heavy (non-hydrogen) atoms. The Morgan fingerprint density at radius 3 is 2.39 bits per heavy atom. The van der Waals surface area contributed by atoms with Crippen LogP contribution in [0.25, 0.3) is 5.52 Å². The summed E-state index contributed by atoms with van der Waals surface area (Å²) < 4.78 is 25.6. The summed E-state index contributed by atoms with van der Waals surface area (Å²) in [4.78, 5) is 19.1. The Morgan fingerprint density at radius 2 is 1.77 bits per heavy atom. The molecule has 1 aromatic carbocycles. The number of hydrogen-bond acceptors (Lipinski definition) is 5. The molecule has 1 aliphatic heterocycles. The molecular formula is C22H21F2N5OS. The molecule has 9 heteroatoms. The third-order valence-corrected chi connectivity index (χ3v) is 5.74. The van der Waals surface area contributed by atoms with Crippen LogP contribution in [0, 0.1) is 18.6 Å². The zero-order chi connectivity index (χ0) is 21.8. The lowest BCUT2D eigenvalue weighted by atomic mass is 10.2. The maximum Gasteiger partial charge on any atom is 0.261 e. The van der Waals surface area contributed by atoms with E-state index in [9.17, 15) is 13.6 Å². The van der Waals surface area contributed by atoms with Gasteiger partial charge in [-0.15, -0.1) is 11.3 Å². The summed E-state index contributed by atoms with van der Waals surface area (Å²) in [5.41, 5.74) is 3.44. The fourth-order valence-electron chi connectivity index (χ4n) is 3.32. The van der Waals surface area contributed by atoms with Gasteiger partial charge in [0.25, 0.3) is 5.91 Å². The van der Waals surface area contributed by atoms with Crippen LogP contribution in [0.2, 0.25) is 0 Å². The Morgan fingerprint density at radius 1 is 1.10 bits per heavy atom. The average molecular weight is 442 g/mol. The monoisotopic (exact) mass is 441 g/mol. The van der Waals surface area contributed by atoms with Crippen molar-refractivity contribution in [1.82, 2.24) is 14.6 Å². The second-order valence-electron chi connectivity index (χ2n) is 7.15. The van der Waals surface area contributed by atoms with E-state index < -0.39 is 11.6 Å². The highest BCUT2D eigenvalue weighted by atomic mass is 32.1. The lowest BCUT2D eigenvalue weighted by Gasteiger charge is -2.17. The maximum absolute atomic E-state index is 12.5. The van der Waals surface area contributed by atoms with Crippen LogP contribution in [-0.4, -0.2) is 33.6 Å². The predicted molar refractivity (Wildman–Crippen MR) is 118 cm³/mol. The molecule has 160 valence electrons. The number of rotatable bonds is 3. The molecule has 1 fully saturated rings.